The molecule has 0 spiro atoms. The molecule has 0 amide bonds. The Labute approximate surface area is 234 Å². The van der Waals surface area contributed by atoms with E-state index in [0.29, 0.717) is 31.1 Å². The molecular formula is C33H32O5S. The topological polar surface area (TPSA) is 54.0 Å². The molecule has 0 radical (unpaired) electrons. The minimum atomic E-state index is -0.611. The number of carbonyl (C=O) groups is 1. The van der Waals surface area contributed by atoms with Gasteiger partial charge in [-0.25, -0.2) is 4.79 Å². The highest BCUT2D eigenvalue weighted by atomic mass is 32.2. The van der Waals surface area contributed by atoms with Crippen LogP contribution in [0, 0.1) is 0 Å². The van der Waals surface area contributed by atoms with Gasteiger partial charge in [0.15, 0.2) is 6.10 Å². The molecule has 6 heteroatoms. The van der Waals surface area contributed by atoms with E-state index in [1.165, 1.54) is 5.56 Å². The molecule has 0 aromatic heterocycles. The SMILES string of the molecule is O=C(O[C@@H]1[C@@H](OCc2ccccc2)[C@@H](COCc2ccccc2)O[C@@H]1SCc1ccccc1)c1ccccc1. The summed E-state index contributed by atoms with van der Waals surface area (Å²) in [5, 5.41) is 0. The van der Waals surface area contributed by atoms with Crippen molar-refractivity contribution < 1.29 is 23.7 Å². The second kappa shape index (κ2) is 14.1. The van der Waals surface area contributed by atoms with Gasteiger partial charge in [0.1, 0.15) is 17.6 Å². The molecule has 39 heavy (non-hydrogen) atoms. The van der Waals surface area contributed by atoms with Crippen molar-refractivity contribution in [3.63, 3.8) is 0 Å². The number of benzene rings is 4. The van der Waals surface area contributed by atoms with E-state index >= 15 is 0 Å². The molecule has 1 fully saturated rings. The highest BCUT2D eigenvalue weighted by Crippen LogP contribution is 2.36. The third kappa shape index (κ3) is 7.80. The van der Waals surface area contributed by atoms with Gasteiger partial charge in [-0.15, -0.1) is 11.8 Å². The van der Waals surface area contributed by atoms with Crippen molar-refractivity contribution in [1.29, 1.82) is 0 Å². The first-order valence-electron chi connectivity index (χ1n) is 13.1. The van der Waals surface area contributed by atoms with Crippen LogP contribution in [0.4, 0.5) is 0 Å². The van der Waals surface area contributed by atoms with Gasteiger partial charge in [0.2, 0.25) is 0 Å². The van der Waals surface area contributed by atoms with Gasteiger partial charge in [-0.05, 0) is 28.8 Å². The van der Waals surface area contributed by atoms with E-state index in [1.54, 1.807) is 23.9 Å². The van der Waals surface area contributed by atoms with Crippen LogP contribution in [0.5, 0.6) is 0 Å². The molecule has 0 bridgehead atoms. The molecule has 4 aromatic carbocycles. The molecule has 0 saturated carbocycles. The fourth-order valence-corrected chi connectivity index (χ4v) is 5.61. The van der Waals surface area contributed by atoms with Crippen LogP contribution in [0.25, 0.3) is 0 Å². The van der Waals surface area contributed by atoms with Gasteiger partial charge in [0.25, 0.3) is 0 Å². The van der Waals surface area contributed by atoms with Crippen LogP contribution in [-0.4, -0.2) is 36.3 Å². The third-order valence-electron chi connectivity index (χ3n) is 6.46. The summed E-state index contributed by atoms with van der Waals surface area (Å²) in [6.07, 6.45) is -1.51. The number of hydrogen-bond acceptors (Lipinski definition) is 6. The highest BCUT2D eigenvalue weighted by Gasteiger charge is 2.48. The maximum absolute atomic E-state index is 13.2. The molecule has 1 saturated heterocycles. The Kier molecular flexibility index (Phi) is 9.82. The largest absolute Gasteiger partial charge is 0.452 e. The first-order valence-corrected chi connectivity index (χ1v) is 14.2. The number of rotatable bonds is 12. The van der Waals surface area contributed by atoms with E-state index < -0.39 is 29.7 Å². The molecule has 1 aliphatic rings. The van der Waals surface area contributed by atoms with E-state index in [4.69, 9.17) is 18.9 Å². The molecule has 200 valence electrons. The lowest BCUT2D eigenvalue weighted by Gasteiger charge is -2.25. The maximum atomic E-state index is 13.2. The van der Waals surface area contributed by atoms with Crippen molar-refractivity contribution in [2.24, 2.45) is 0 Å². The quantitative estimate of drug-likeness (QED) is 0.187. The first-order chi connectivity index (χ1) is 19.3. The van der Waals surface area contributed by atoms with E-state index in [0.717, 1.165) is 11.1 Å². The molecule has 4 aromatic rings. The zero-order valence-corrected chi connectivity index (χ0v) is 22.5. The van der Waals surface area contributed by atoms with Gasteiger partial charge >= 0.3 is 5.97 Å². The predicted molar refractivity (Wildman–Crippen MR) is 153 cm³/mol. The van der Waals surface area contributed by atoms with Crippen LogP contribution >= 0.6 is 11.8 Å². The van der Waals surface area contributed by atoms with E-state index in [2.05, 4.69) is 12.1 Å². The van der Waals surface area contributed by atoms with E-state index in [1.807, 2.05) is 97.1 Å². The van der Waals surface area contributed by atoms with Crippen molar-refractivity contribution in [3.05, 3.63) is 144 Å². The van der Waals surface area contributed by atoms with Crippen molar-refractivity contribution >= 4 is 17.7 Å². The second-order valence-corrected chi connectivity index (χ2v) is 10.4. The summed E-state index contributed by atoms with van der Waals surface area (Å²) in [6.45, 7) is 1.15. The van der Waals surface area contributed by atoms with Crippen LogP contribution < -0.4 is 0 Å². The average Bonchev–Trinajstić information content (AvgIpc) is 3.32. The van der Waals surface area contributed by atoms with Crippen molar-refractivity contribution in [2.75, 3.05) is 6.61 Å². The van der Waals surface area contributed by atoms with Gasteiger partial charge in [-0.2, -0.15) is 0 Å². The van der Waals surface area contributed by atoms with E-state index in [9.17, 15) is 4.79 Å². The Morgan fingerprint density at radius 3 is 1.82 bits per heavy atom. The molecule has 0 unspecified atom stereocenters. The lowest BCUT2D eigenvalue weighted by atomic mass is 10.1. The summed E-state index contributed by atoms with van der Waals surface area (Å²) in [5.41, 5.74) is 3.37. The monoisotopic (exact) mass is 540 g/mol. The number of carbonyl (C=O) groups excluding carboxylic acids is 1. The molecule has 0 N–H and O–H groups in total. The zero-order valence-electron chi connectivity index (χ0n) is 21.6. The zero-order chi connectivity index (χ0) is 26.7. The Bertz CT molecular complexity index is 1270. The molecule has 5 rings (SSSR count). The minimum Gasteiger partial charge on any atom is -0.452 e. The Balaban J connectivity index is 1.34. The van der Waals surface area contributed by atoms with Gasteiger partial charge in [0.05, 0.1) is 25.4 Å². The van der Waals surface area contributed by atoms with Gasteiger partial charge in [-0.3, -0.25) is 0 Å². The molecule has 1 aliphatic heterocycles. The van der Waals surface area contributed by atoms with Crippen LogP contribution in [0.2, 0.25) is 0 Å². The van der Waals surface area contributed by atoms with Crippen LogP contribution in [0.1, 0.15) is 27.0 Å². The van der Waals surface area contributed by atoms with E-state index in [-0.39, 0.29) is 0 Å². The first kappa shape index (κ1) is 27.2. The van der Waals surface area contributed by atoms with Gasteiger partial charge < -0.3 is 18.9 Å². The van der Waals surface area contributed by atoms with Gasteiger partial charge in [0, 0.05) is 5.75 Å². The van der Waals surface area contributed by atoms with Crippen LogP contribution in [0.15, 0.2) is 121 Å². The summed E-state index contributed by atoms with van der Waals surface area (Å²) in [4.78, 5) is 13.2. The maximum Gasteiger partial charge on any atom is 0.338 e. The number of thioether (sulfide) groups is 1. The van der Waals surface area contributed by atoms with Crippen molar-refractivity contribution in [1.82, 2.24) is 0 Å². The second-order valence-electron chi connectivity index (χ2n) is 9.34. The van der Waals surface area contributed by atoms with Crippen LogP contribution in [0.3, 0.4) is 0 Å². The van der Waals surface area contributed by atoms with Crippen molar-refractivity contribution in [2.45, 2.75) is 42.7 Å². The summed E-state index contributed by atoms with van der Waals surface area (Å²) in [5.74, 6) is 0.321. The molecular weight excluding hydrogens is 508 g/mol. The fourth-order valence-electron chi connectivity index (χ4n) is 4.44. The summed E-state index contributed by atoms with van der Waals surface area (Å²) in [6, 6.07) is 39.2. The lowest BCUT2D eigenvalue weighted by Crippen LogP contribution is -2.39. The smallest absolute Gasteiger partial charge is 0.338 e. The number of hydrogen-bond donors (Lipinski definition) is 0. The Hall–Kier alpha value is -3.42. The molecule has 4 atom stereocenters. The third-order valence-corrected chi connectivity index (χ3v) is 7.66. The summed E-state index contributed by atoms with van der Waals surface area (Å²) < 4.78 is 25.2. The normalized spacial score (nSPS) is 20.5. The summed E-state index contributed by atoms with van der Waals surface area (Å²) in [7, 11) is 0. The number of esters is 1. The fraction of sp³-hybridized carbons (Fsp3) is 0.242. The molecule has 0 aliphatic carbocycles. The predicted octanol–water partition coefficient (Wildman–Crippen LogP) is 6.67. The lowest BCUT2D eigenvalue weighted by molar-refractivity contribution is -0.0778. The van der Waals surface area contributed by atoms with Gasteiger partial charge in [-0.1, -0.05) is 109 Å². The molecule has 5 nitrogen and oxygen atoms in total. The Morgan fingerprint density at radius 2 is 1.21 bits per heavy atom. The standard InChI is InChI=1S/C33H32O5S/c34-32(28-19-11-4-12-20-28)38-31-30(36-22-26-15-7-2-8-16-26)29(23-35-21-25-13-5-1-6-14-25)37-33(31)39-24-27-17-9-3-10-18-27/h1-20,29-31,33H,21-24H2/t29-,30+,31-,33-/m1/s1. The summed E-state index contributed by atoms with van der Waals surface area (Å²) >= 11 is 1.61. The molecule has 1 heterocycles. The highest BCUT2D eigenvalue weighted by molar-refractivity contribution is 7.99. The van der Waals surface area contributed by atoms with Crippen LogP contribution in [-0.2, 0) is 37.9 Å². The van der Waals surface area contributed by atoms with Crippen molar-refractivity contribution in [3.8, 4) is 0 Å². The number of ether oxygens (including phenoxy) is 4. The average molecular weight is 541 g/mol. The minimum absolute atomic E-state index is 0.316. The Morgan fingerprint density at radius 1 is 0.667 bits per heavy atom.